The predicted octanol–water partition coefficient (Wildman–Crippen LogP) is 17.4. The largest absolute Gasteiger partial charge is 0.462 e. The van der Waals surface area contributed by atoms with Crippen molar-refractivity contribution in [3.8, 4) is 0 Å². The van der Waals surface area contributed by atoms with Gasteiger partial charge in [0.15, 0.2) is 6.10 Å². The fourth-order valence-electron chi connectivity index (χ4n) is 6.45. The molecule has 6 nitrogen and oxygen atoms in total. The van der Waals surface area contributed by atoms with Crippen molar-refractivity contribution in [2.24, 2.45) is 0 Å². The second kappa shape index (κ2) is 53.6. The van der Waals surface area contributed by atoms with Crippen molar-refractivity contribution in [1.82, 2.24) is 0 Å². The lowest BCUT2D eigenvalue weighted by Crippen LogP contribution is -2.30. The van der Waals surface area contributed by atoms with Gasteiger partial charge in [-0.15, -0.1) is 0 Å². The van der Waals surface area contributed by atoms with Crippen LogP contribution in [-0.4, -0.2) is 37.2 Å². The van der Waals surface area contributed by atoms with Gasteiger partial charge in [0, 0.05) is 19.3 Å². The van der Waals surface area contributed by atoms with Crippen molar-refractivity contribution in [2.45, 2.75) is 194 Å². The first-order valence-corrected chi connectivity index (χ1v) is 26.2. The number of ether oxygens (including phenoxy) is 3. The third-order valence-electron chi connectivity index (χ3n) is 10.3. The van der Waals surface area contributed by atoms with E-state index in [1.807, 2.05) is 128 Å². The average Bonchev–Trinajstić information content (AvgIpc) is 3.33. The zero-order valence-corrected chi connectivity index (χ0v) is 42.3. The molecule has 0 spiro atoms. The molecule has 0 amide bonds. The number of esters is 3. The quantitative estimate of drug-likeness (QED) is 0.0199. The average molecular weight is 921 g/mol. The van der Waals surface area contributed by atoms with Gasteiger partial charge >= 0.3 is 17.9 Å². The molecule has 0 bridgehead atoms. The number of rotatable bonds is 44. The van der Waals surface area contributed by atoms with E-state index in [1.54, 1.807) is 0 Å². The minimum absolute atomic E-state index is 0.134. The highest BCUT2D eigenvalue weighted by Crippen LogP contribution is 2.13. The van der Waals surface area contributed by atoms with Crippen LogP contribution in [0.4, 0.5) is 0 Å². The zero-order valence-electron chi connectivity index (χ0n) is 42.3. The maximum absolute atomic E-state index is 12.8. The number of carbonyl (C=O) groups excluding carboxylic acids is 3. The van der Waals surface area contributed by atoms with E-state index in [0.29, 0.717) is 12.8 Å². The minimum atomic E-state index is -0.836. The SMILES string of the molecule is CC/C=C/C=C/C=C/C=C/C=C/C=C/C=C/CCCCCC(=O)OCC(COC(=O)CCC/C=C/C=C/C=C/C=C/C=C/CC)OC(=O)CCCCCCCCC/C=C/CCCCCCCC. The monoisotopic (exact) mass is 921 g/mol. The van der Waals surface area contributed by atoms with Crippen LogP contribution in [0.3, 0.4) is 0 Å². The van der Waals surface area contributed by atoms with Crippen LogP contribution < -0.4 is 0 Å². The van der Waals surface area contributed by atoms with E-state index in [0.717, 1.165) is 57.8 Å². The van der Waals surface area contributed by atoms with Gasteiger partial charge in [-0.05, 0) is 77.0 Å². The Bertz CT molecular complexity index is 1570. The van der Waals surface area contributed by atoms with Crippen LogP contribution in [0.5, 0.6) is 0 Å². The summed E-state index contributed by atoms with van der Waals surface area (Å²) >= 11 is 0. The molecule has 0 N–H and O–H groups in total. The van der Waals surface area contributed by atoms with Crippen LogP contribution in [0.2, 0.25) is 0 Å². The Morgan fingerprint density at radius 1 is 0.313 bits per heavy atom. The fourth-order valence-corrected chi connectivity index (χ4v) is 6.45. The molecule has 0 radical (unpaired) electrons. The summed E-state index contributed by atoms with van der Waals surface area (Å²) in [6.07, 6.45) is 78.0. The highest BCUT2D eigenvalue weighted by Gasteiger charge is 2.19. The molecular formula is C61H92O6. The smallest absolute Gasteiger partial charge is 0.306 e. The summed E-state index contributed by atoms with van der Waals surface area (Å²) < 4.78 is 16.7. The van der Waals surface area contributed by atoms with Crippen LogP contribution in [-0.2, 0) is 28.6 Å². The summed E-state index contributed by atoms with van der Waals surface area (Å²) in [4.78, 5) is 38.0. The van der Waals surface area contributed by atoms with Crippen LogP contribution in [0.25, 0.3) is 0 Å². The van der Waals surface area contributed by atoms with E-state index in [-0.39, 0.29) is 50.4 Å². The second-order valence-corrected chi connectivity index (χ2v) is 16.6. The summed E-state index contributed by atoms with van der Waals surface area (Å²) in [6.45, 7) is 6.21. The molecule has 1 atom stereocenters. The Kier molecular flexibility index (Phi) is 49.7. The topological polar surface area (TPSA) is 78.9 Å². The van der Waals surface area contributed by atoms with Gasteiger partial charge in [-0.2, -0.15) is 0 Å². The highest BCUT2D eigenvalue weighted by molar-refractivity contribution is 5.71. The number of allylic oxidation sites excluding steroid dienone is 26. The lowest BCUT2D eigenvalue weighted by atomic mass is 10.1. The van der Waals surface area contributed by atoms with Gasteiger partial charge in [0.25, 0.3) is 0 Å². The summed E-state index contributed by atoms with van der Waals surface area (Å²) in [6, 6.07) is 0. The Labute approximate surface area is 409 Å². The molecule has 0 rings (SSSR count). The van der Waals surface area contributed by atoms with Gasteiger partial charge in [-0.1, -0.05) is 249 Å². The van der Waals surface area contributed by atoms with Crippen LogP contribution in [0.15, 0.2) is 158 Å². The lowest BCUT2D eigenvalue weighted by molar-refractivity contribution is -0.167. The minimum Gasteiger partial charge on any atom is -0.462 e. The van der Waals surface area contributed by atoms with Crippen LogP contribution in [0, 0.1) is 0 Å². The molecule has 0 saturated carbocycles. The van der Waals surface area contributed by atoms with Crippen molar-refractivity contribution in [3.63, 3.8) is 0 Å². The third kappa shape index (κ3) is 51.9. The normalized spacial score (nSPS) is 13.4. The number of carbonyl (C=O) groups is 3. The Morgan fingerprint density at radius 2 is 0.612 bits per heavy atom. The number of hydrogen-bond acceptors (Lipinski definition) is 6. The first-order valence-electron chi connectivity index (χ1n) is 26.2. The molecule has 372 valence electrons. The van der Waals surface area contributed by atoms with E-state index in [2.05, 4.69) is 51.2 Å². The number of unbranched alkanes of at least 4 members (excludes halogenated alkanes) is 17. The van der Waals surface area contributed by atoms with Crippen molar-refractivity contribution in [1.29, 1.82) is 0 Å². The standard InChI is InChI=1S/C61H92O6/c1-4-7-10-13-16-19-22-25-27-29-30-32-33-36-39-42-45-48-51-54-60(63)66-57-58(56-65-59(62)53-50-47-44-41-38-35-24-21-18-15-12-9-6-3)67-61(64)55-52-49-46-43-40-37-34-31-28-26-23-20-17-14-11-8-5-2/h7,9-10,12-13,15-16,18-19,21-22,24-30,32-33,35-36,38-39,41,44,58H,4-6,8,11,14,17,20,23,31,34,37,40,42-43,45-57H2,1-3H3/b10-7+,12-9+,16-13+,18-15+,22-19+,24-21+,27-25+,28-26+,30-29+,33-32+,38-35+,39-36+,44-41+. The highest BCUT2D eigenvalue weighted by atomic mass is 16.6. The van der Waals surface area contributed by atoms with Crippen molar-refractivity contribution < 1.29 is 28.6 Å². The van der Waals surface area contributed by atoms with Crippen LogP contribution >= 0.6 is 0 Å². The maximum Gasteiger partial charge on any atom is 0.306 e. The van der Waals surface area contributed by atoms with Gasteiger partial charge in [0.1, 0.15) is 13.2 Å². The second-order valence-electron chi connectivity index (χ2n) is 16.6. The first-order chi connectivity index (χ1) is 33.0. The molecule has 6 heteroatoms. The molecule has 1 unspecified atom stereocenters. The third-order valence-corrected chi connectivity index (χ3v) is 10.3. The van der Waals surface area contributed by atoms with Gasteiger partial charge < -0.3 is 14.2 Å². The van der Waals surface area contributed by atoms with E-state index in [1.165, 1.54) is 77.0 Å². The molecular weight excluding hydrogens is 829 g/mol. The van der Waals surface area contributed by atoms with Crippen molar-refractivity contribution in [2.75, 3.05) is 13.2 Å². The molecule has 0 aliphatic rings. The fraction of sp³-hybridized carbons (Fsp3) is 0.525. The summed E-state index contributed by atoms with van der Waals surface area (Å²) in [5.41, 5.74) is 0. The van der Waals surface area contributed by atoms with Gasteiger partial charge in [0.2, 0.25) is 0 Å². The maximum atomic E-state index is 12.8. The lowest BCUT2D eigenvalue weighted by Gasteiger charge is -2.18. The van der Waals surface area contributed by atoms with Crippen molar-refractivity contribution >= 4 is 17.9 Å². The summed E-state index contributed by atoms with van der Waals surface area (Å²) in [7, 11) is 0. The molecule has 0 aromatic carbocycles. The van der Waals surface area contributed by atoms with Gasteiger partial charge in [0.05, 0.1) is 0 Å². The van der Waals surface area contributed by atoms with E-state index in [9.17, 15) is 14.4 Å². The predicted molar refractivity (Wildman–Crippen MR) is 288 cm³/mol. The molecule has 0 aliphatic heterocycles. The molecule has 0 aliphatic carbocycles. The van der Waals surface area contributed by atoms with Crippen molar-refractivity contribution in [3.05, 3.63) is 158 Å². The molecule has 67 heavy (non-hydrogen) atoms. The Hall–Kier alpha value is -4.97. The van der Waals surface area contributed by atoms with E-state index < -0.39 is 6.10 Å². The molecule has 0 heterocycles. The zero-order chi connectivity index (χ0) is 48.6. The van der Waals surface area contributed by atoms with Crippen LogP contribution in [0.1, 0.15) is 188 Å². The van der Waals surface area contributed by atoms with Gasteiger partial charge in [-0.25, -0.2) is 0 Å². The summed E-state index contributed by atoms with van der Waals surface area (Å²) in [5, 5.41) is 0. The van der Waals surface area contributed by atoms with Gasteiger partial charge in [-0.3, -0.25) is 14.4 Å². The molecule has 0 saturated heterocycles. The molecule has 0 aromatic heterocycles. The Balaban J connectivity index is 4.61. The number of hydrogen-bond donors (Lipinski definition) is 0. The molecule has 0 aromatic rings. The van der Waals surface area contributed by atoms with E-state index in [4.69, 9.17) is 14.2 Å². The van der Waals surface area contributed by atoms with E-state index >= 15 is 0 Å². The summed E-state index contributed by atoms with van der Waals surface area (Å²) in [5.74, 6) is -1.07. The molecule has 0 fully saturated rings. The Morgan fingerprint density at radius 3 is 1.03 bits per heavy atom. The first kappa shape index (κ1) is 62.0.